The molecular formula is C59H45N3. The van der Waals surface area contributed by atoms with Crippen LogP contribution in [0.4, 0.5) is 17.1 Å². The van der Waals surface area contributed by atoms with Crippen LogP contribution in [-0.4, -0.2) is 0 Å². The van der Waals surface area contributed by atoms with Crippen molar-refractivity contribution < 1.29 is 0 Å². The third-order valence-corrected chi connectivity index (χ3v) is 12.8. The van der Waals surface area contributed by atoms with Gasteiger partial charge in [0.25, 0.3) is 0 Å². The summed E-state index contributed by atoms with van der Waals surface area (Å²) in [5.41, 5.74) is 26.5. The van der Waals surface area contributed by atoms with Gasteiger partial charge in [0.05, 0.1) is 22.8 Å². The monoisotopic (exact) mass is 795 g/mol. The first-order valence-electron chi connectivity index (χ1n) is 21.5. The van der Waals surface area contributed by atoms with Crippen LogP contribution in [0.2, 0.25) is 0 Å². The van der Waals surface area contributed by atoms with Gasteiger partial charge in [0.15, 0.2) is 0 Å². The van der Waals surface area contributed by atoms with Crippen molar-refractivity contribution in [3.8, 4) is 33.4 Å². The molecule has 3 heteroatoms. The Hall–Kier alpha value is -7.72. The van der Waals surface area contributed by atoms with Gasteiger partial charge in [-0.3, -0.25) is 0 Å². The van der Waals surface area contributed by atoms with Crippen molar-refractivity contribution >= 4 is 22.8 Å². The number of fused-ring (bicyclic) bond motifs is 9. The Balaban J connectivity index is 1.02. The molecule has 296 valence electrons. The highest BCUT2D eigenvalue weighted by molar-refractivity contribution is 5.96. The van der Waals surface area contributed by atoms with Gasteiger partial charge < -0.3 is 16.0 Å². The van der Waals surface area contributed by atoms with Crippen molar-refractivity contribution in [2.45, 2.75) is 18.0 Å². The number of rotatable bonds is 9. The third-order valence-electron chi connectivity index (χ3n) is 12.8. The summed E-state index contributed by atoms with van der Waals surface area (Å²) in [6, 6.07) is 83.3. The van der Waals surface area contributed by atoms with Gasteiger partial charge in [-0.1, -0.05) is 194 Å². The highest BCUT2D eigenvalue weighted by Gasteiger charge is 2.51. The minimum atomic E-state index is -0.520. The van der Waals surface area contributed by atoms with E-state index in [0.29, 0.717) is 0 Å². The third kappa shape index (κ3) is 6.25. The SMILES string of the molecule is N/C(=C\C(NCc1ccccc1)c1ccccc1)c1ccccc1-c1cccc(-c2ccc3c(c2)C2(c4ccccc4-3)c3ccccc3N(c3ccccc3)c3ccccc32)c1. The largest absolute Gasteiger partial charge is 0.398 e. The smallest absolute Gasteiger partial charge is 0.0754 e. The van der Waals surface area contributed by atoms with E-state index in [1.54, 1.807) is 0 Å². The number of nitrogens with two attached hydrogens (primary N) is 1. The van der Waals surface area contributed by atoms with E-state index in [4.69, 9.17) is 5.73 Å². The van der Waals surface area contributed by atoms with Gasteiger partial charge in [-0.2, -0.15) is 0 Å². The lowest BCUT2D eigenvalue weighted by atomic mass is 9.64. The Morgan fingerprint density at radius 3 is 1.74 bits per heavy atom. The van der Waals surface area contributed by atoms with E-state index in [1.807, 2.05) is 0 Å². The summed E-state index contributed by atoms with van der Waals surface area (Å²) in [4.78, 5) is 2.43. The van der Waals surface area contributed by atoms with Gasteiger partial charge in [0.2, 0.25) is 0 Å². The molecule has 0 radical (unpaired) electrons. The van der Waals surface area contributed by atoms with Crippen molar-refractivity contribution in [2.75, 3.05) is 4.90 Å². The van der Waals surface area contributed by atoms with Gasteiger partial charge in [-0.15, -0.1) is 0 Å². The first-order chi connectivity index (χ1) is 30.7. The molecule has 0 fully saturated rings. The molecule has 1 aliphatic heterocycles. The lowest BCUT2D eigenvalue weighted by Gasteiger charge is -2.45. The molecule has 0 saturated carbocycles. The summed E-state index contributed by atoms with van der Waals surface area (Å²) in [6.45, 7) is 0.726. The molecule has 9 aromatic carbocycles. The molecule has 0 aromatic heterocycles. The van der Waals surface area contributed by atoms with Crippen molar-refractivity contribution in [1.29, 1.82) is 0 Å². The van der Waals surface area contributed by atoms with Crippen LogP contribution in [0.3, 0.4) is 0 Å². The van der Waals surface area contributed by atoms with Gasteiger partial charge in [0.1, 0.15) is 0 Å². The van der Waals surface area contributed by atoms with E-state index in [-0.39, 0.29) is 6.04 Å². The molecule has 1 atom stereocenters. The van der Waals surface area contributed by atoms with Gasteiger partial charge in [-0.25, -0.2) is 0 Å². The topological polar surface area (TPSA) is 41.3 Å². The standard InChI is InChI=1S/C59H45N3/c60-55(39-56(42-21-6-2-7-22-42)61-40-41-19-4-1-5-20-41)50-29-11-10-27-47(50)45-24-18-23-43(37-45)44-35-36-49-48-28-12-13-30-51(48)59(54(49)38-44)52-31-14-16-33-57(52)62(46-25-8-3-9-26-46)58-34-17-15-32-53(58)59/h1-39,56,61H,40,60H2/b55-39-. The van der Waals surface area contributed by atoms with Gasteiger partial charge in [0, 0.05) is 23.5 Å². The maximum Gasteiger partial charge on any atom is 0.0754 e. The van der Waals surface area contributed by atoms with Gasteiger partial charge in [-0.05, 0) is 109 Å². The summed E-state index contributed by atoms with van der Waals surface area (Å²) >= 11 is 0. The summed E-state index contributed by atoms with van der Waals surface area (Å²) in [5, 5.41) is 3.76. The Bertz CT molecular complexity index is 3050. The molecule has 2 aliphatic rings. The maximum absolute atomic E-state index is 7.11. The van der Waals surface area contributed by atoms with Crippen LogP contribution in [-0.2, 0) is 12.0 Å². The van der Waals surface area contributed by atoms with Crippen LogP contribution in [0.15, 0.2) is 237 Å². The van der Waals surface area contributed by atoms with Crippen molar-refractivity contribution in [2.24, 2.45) is 5.73 Å². The second-order valence-corrected chi connectivity index (χ2v) is 16.3. The molecule has 0 bridgehead atoms. The first-order valence-corrected chi connectivity index (χ1v) is 21.5. The molecule has 1 heterocycles. The summed E-state index contributed by atoms with van der Waals surface area (Å²) in [7, 11) is 0. The molecular weight excluding hydrogens is 751 g/mol. The zero-order valence-electron chi connectivity index (χ0n) is 34.3. The fourth-order valence-electron chi connectivity index (χ4n) is 10.0. The maximum atomic E-state index is 7.11. The number of nitrogens with one attached hydrogen (secondary N) is 1. The Morgan fingerprint density at radius 2 is 1.02 bits per heavy atom. The second kappa shape index (κ2) is 15.7. The van der Waals surface area contributed by atoms with Crippen molar-refractivity contribution in [1.82, 2.24) is 5.32 Å². The quantitative estimate of drug-likeness (QED) is 0.153. The number of hydrogen-bond acceptors (Lipinski definition) is 3. The number of nitrogens with zero attached hydrogens (tertiary/aromatic N) is 1. The fourth-order valence-corrected chi connectivity index (χ4v) is 10.0. The lowest BCUT2D eigenvalue weighted by molar-refractivity contribution is 0.621. The van der Waals surface area contributed by atoms with E-state index >= 15 is 0 Å². The second-order valence-electron chi connectivity index (χ2n) is 16.3. The molecule has 0 amide bonds. The molecule has 11 rings (SSSR count). The summed E-state index contributed by atoms with van der Waals surface area (Å²) in [5.74, 6) is 0. The van der Waals surface area contributed by atoms with E-state index in [2.05, 4.69) is 247 Å². The lowest BCUT2D eigenvalue weighted by Crippen LogP contribution is -2.36. The molecule has 0 saturated heterocycles. The Kier molecular flexibility index (Phi) is 9.45. The van der Waals surface area contributed by atoms with Crippen LogP contribution < -0.4 is 16.0 Å². The zero-order chi connectivity index (χ0) is 41.5. The Labute approximate surface area is 364 Å². The average molecular weight is 796 g/mol. The normalized spacial score (nSPS) is 13.8. The van der Waals surface area contributed by atoms with Crippen LogP contribution in [0.5, 0.6) is 0 Å². The predicted octanol–water partition coefficient (Wildman–Crippen LogP) is 14.0. The minimum absolute atomic E-state index is 0.0755. The molecule has 62 heavy (non-hydrogen) atoms. The van der Waals surface area contributed by atoms with Crippen LogP contribution in [0.25, 0.3) is 39.1 Å². The molecule has 1 aliphatic carbocycles. The number of para-hydroxylation sites is 3. The van der Waals surface area contributed by atoms with Crippen molar-refractivity contribution in [3.05, 3.63) is 276 Å². The van der Waals surface area contributed by atoms with Gasteiger partial charge >= 0.3 is 0 Å². The number of anilines is 3. The first kappa shape index (κ1) is 37.3. The predicted molar refractivity (Wildman–Crippen MR) is 257 cm³/mol. The highest BCUT2D eigenvalue weighted by Crippen LogP contribution is 2.63. The minimum Gasteiger partial charge on any atom is -0.398 e. The zero-order valence-corrected chi connectivity index (χ0v) is 34.3. The van der Waals surface area contributed by atoms with Crippen LogP contribution in [0, 0.1) is 0 Å². The van der Waals surface area contributed by atoms with Crippen LogP contribution >= 0.6 is 0 Å². The molecule has 1 unspecified atom stereocenters. The molecule has 1 spiro atoms. The van der Waals surface area contributed by atoms with E-state index in [0.717, 1.165) is 40.2 Å². The van der Waals surface area contributed by atoms with E-state index < -0.39 is 5.41 Å². The highest BCUT2D eigenvalue weighted by atomic mass is 15.2. The summed E-state index contributed by atoms with van der Waals surface area (Å²) in [6.07, 6.45) is 2.16. The van der Waals surface area contributed by atoms with E-state index in [1.165, 1.54) is 61.4 Å². The van der Waals surface area contributed by atoms with Crippen molar-refractivity contribution in [3.63, 3.8) is 0 Å². The molecule has 3 nitrogen and oxygen atoms in total. The van der Waals surface area contributed by atoms with Crippen LogP contribution in [0.1, 0.15) is 45.0 Å². The Morgan fingerprint density at radius 1 is 0.468 bits per heavy atom. The number of benzene rings is 9. The molecule has 9 aromatic rings. The average Bonchev–Trinajstić information content (AvgIpc) is 3.64. The number of hydrogen-bond donors (Lipinski definition) is 2. The fraction of sp³-hybridized carbons (Fsp3) is 0.0508. The molecule has 3 N–H and O–H groups in total. The summed E-state index contributed by atoms with van der Waals surface area (Å²) < 4.78 is 0. The van der Waals surface area contributed by atoms with E-state index in [9.17, 15) is 0 Å².